The van der Waals surface area contributed by atoms with Gasteiger partial charge in [0.15, 0.2) is 3.92 Å². The van der Waals surface area contributed by atoms with E-state index >= 15 is 0 Å². The first kappa shape index (κ1) is 7.82. The highest BCUT2D eigenvalue weighted by Crippen LogP contribution is 2.36. The lowest BCUT2D eigenvalue weighted by atomic mass is 10.4. The smallest absolute Gasteiger partial charge is 0.234 e. The zero-order valence-electron chi connectivity index (χ0n) is 5.82. The minimum Gasteiger partial charge on any atom is -0.492 e. The van der Waals surface area contributed by atoms with E-state index in [0.29, 0.717) is 14.6 Å². The number of thiazole rings is 1. The second kappa shape index (κ2) is 2.91. The van der Waals surface area contributed by atoms with Crippen molar-refractivity contribution in [2.45, 2.75) is 0 Å². The SMILES string of the molecule is Oc1nc(Br)sc1-c1ccco1. The maximum atomic E-state index is 9.31. The molecule has 62 valence electrons. The third-order valence-corrected chi connectivity index (χ3v) is 2.84. The molecule has 0 radical (unpaired) electrons. The maximum absolute atomic E-state index is 9.31. The Hall–Kier alpha value is -0.810. The van der Waals surface area contributed by atoms with E-state index in [1.807, 2.05) is 0 Å². The third-order valence-electron chi connectivity index (χ3n) is 1.33. The van der Waals surface area contributed by atoms with Gasteiger partial charge < -0.3 is 9.52 Å². The Morgan fingerprint density at radius 1 is 1.58 bits per heavy atom. The Kier molecular flexibility index (Phi) is 1.90. The van der Waals surface area contributed by atoms with Crippen molar-refractivity contribution >= 4 is 27.3 Å². The number of rotatable bonds is 1. The molecule has 2 aromatic heterocycles. The van der Waals surface area contributed by atoms with Crippen molar-refractivity contribution in [2.75, 3.05) is 0 Å². The van der Waals surface area contributed by atoms with Gasteiger partial charge in [-0.05, 0) is 28.1 Å². The van der Waals surface area contributed by atoms with Crippen molar-refractivity contribution in [3.8, 4) is 16.5 Å². The molecule has 0 spiro atoms. The van der Waals surface area contributed by atoms with Crippen LogP contribution in [0.2, 0.25) is 0 Å². The van der Waals surface area contributed by atoms with E-state index in [9.17, 15) is 5.11 Å². The number of hydrogen-bond acceptors (Lipinski definition) is 4. The summed E-state index contributed by atoms with van der Waals surface area (Å²) in [6, 6.07) is 3.54. The summed E-state index contributed by atoms with van der Waals surface area (Å²) in [6.45, 7) is 0. The topological polar surface area (TPSA) is 46.3 Å². The van der Waals surface area contributed by atoms with E-state index < -0.39 is 0 Å². The Labute approximate surface area is 80.8 Å². The molecule has 0 saturated carbocycles. The normalized spacial score (nSPS) is 10.4. The molecule has 2 rings (SSSR count). The number of aromatic nitrogens is 1. The van der Waals surface area contributed by atoms with Crippen molar-refractivity contribution in [3.05, 3.63) is 22.3 Å². The molecule has 2 heterocycles. The lowest BCUT2D eigenvalue weighted by Gasteiger charge is -1.88. The van der Waals surface area contributed by atoms with E-state index in [0.717, 1.165) is 0 Å². The van der Waals surface area contributed by atoms with Gasteiger partial charge in [-0.2, -0.15) is 4.98 Å². The van der Waals surface area contributed by atoms with Crippen LogP contribution < -0.4 is 0 Å². The second-order valence-electron chi connectivity index (χ2n) is 2.10. The van der Waals surface area contributed by atoms with Crippen LogP contribution >= 0.6 is 27.3 Å². The lowest BCUT2D eigenvalue weighted by molar-refractivity contribution is 0.455. The average Bonchev–Trinajstić information content (AvgIpc) is 2.58. The van der Waals surface area contributed by atoms with Crippen LogP contribution in [0.5, 0.6) is 5.88 Å². The van der Waals surface area contributed by atoms with Gasteiger partial charge in [-0.25, -0.2) is 0 Å². The minimum absolute atomic E-state index is 0.00169. The molecule has 0 saturated heterocycles. The molecule has 0 aliphatic carbocycles. The van der Waals surface area contributed by atoms with Gasteiger partial charge in [-0.15, -0.1) is 0 Å². The summed E-state index contributed by atoms with van der Waals surface area (Å²) in [4.78, 5) is 4.44. The van der Waals surface area contributed by atoms with Crippen molar-refractivity contribution in [1.29, 1.82) is 0 Å². The summed E-state index contributed by atoms with van der Waals surface area (Å²) in [6.07, 6.45) is 1.56. The number of hydrogen-bond donors (Lipinski definition) is 1. The zero-order valence-corrected chi connectivity index (χ0v) is 8.22. The van der Waals surface area contributed by atoms with Gasteiger partial charge in [0.1, 0.15) is 10.6 Å². The highest BCUT2D eigenvalue weighted by molar-refractivity contribution is 9.11. The van der Waals surface area contributed by atoms with Gasteiger partial charge in [0.2, 0.25) is 5.88 Å². The summed E-state index contributed by atoms with van der Waals surface area (Å²) in [7, 11) is 0. The summed E-state index contributed by atoms with van der Waals surface area (Å²) in [5.41, 5.74) is 0. The first-order valence-corrected chi connectivity index (χ1v) is 4.77. The first-order valence-electron chi connectivity index (χ1n) is 3.16. The molecule has 0 aliphatic heterocycles. The highest BCUT2D eigenvalue weighted by Gasteiger charge is 2.12. The molecule has 5 heteroatoms. The molecule has 0 bridgehead atoms. The number of furan rings is 1. The van der Waals surface area contributed by atoms with E-state index in [-0.39, 0.29) is 5.88 Å². The van der Waals surface area contributed by atoms with Gasteiger partial charge in [0.05, 0.1) is 6.26 Å². The highest BCUT2D eigenvalue weighted by atomic mass is 79.9. The molecular formula is C7H4BrNO2S. The average molecular weight is 246 g/mol. The summed E-state index contributed by atoms with van der Waals surface area (Å²) >= 11 is 4.51. The van der Waals surface area contributed by atoms with Crippen LogP contribution in [-0.2, 0) is 0 Å². The number of halogens is 1. The Balaban J connectivity index is 2.54. The van der Waals surface area contributed by atoms with Crippen LogP contribution in [-0.4, -0.2) is 10.1 Å². The van der Waals surface area contributed by atoms with E-state index in [1.54, 1.807) is 18.4 Å². The molecule has 12 heavy (non-hydrogen) atoms. The number of aromatic hydroxyl groups is 1. The van der Waals surface area contributed by atoms with Crippen molar-refractivity contribution < 1.29 is 9.52 Å². The molecule has 0 atom stereocenters. The third kappa shape index (κ3) is 1.25. The van der Waals surface area contributed by atoms with Crippen LogP contribution in [0.3, 0.4) is 0 Å². The fourth-order valence-corrected chi connectivity index (χ4v) is 2.16. The summed E-state index contributed by atoms with van der Waals surface area (Å²) in [5.74, 6) is 0.637. The van der Waals surface area contributed by atoms with E-state index in [4.69, 9.17) is 4.42 Å². The Bertz CT molecular complexity index is 382. The molecule has 0 unspecified atom stereocenters. The largest absolute Gasteiger partial charge is 0.492 e. The van der Waals surface area contributed by atoms with Crippen LogP contribution in [0.4, 0.5) is 0 Å². The fraction of sp³-hybridized carbons (Fsp3) is 0. The molecule has 0 aromatic carbocycles. The lowest BCUT2D eigenvalue weighted by Crippen LogP contribution is -1.66. The molecule has 0 aliphatic rings. The zero-order chi connectivity index (χ0) is 8.55. The van der Waals surface area contributed by atoms with Gasteiger partial charge in [0, 0.05) is 0 Å². The molecule has 0 amide bonds. The van der Waals surface area contributed by atoms with Crippen molar-refractivity contribution in [3.63, 3.8) is 0 Å². The fourth-order valence-electron chi connectivity index (χ4n) is 0.855. The molecule has 3 nitrogen and oxygen atoms in total. The van der Waals surface area contributed by atoms with Crippen LogP contribution in [0.15, 0.2) is 26.7 Å². The summed E-state index contributed by atoms with van der Waals surface area (Å²) < 4.78 is 5.75. The van der Waals surface area contributed by atoms with E-state index in [1.165, 1.54) is 11.3 Å². The van der Waals surface area contributed by atoms with Crippen LogP contribution in [0.1, 0.15) is 0 Å². The molecule has 1 N–H and O–H groups in total. The van der Waals surface area contributed by atoms with Crippen molar-refractivity contribution in [1.82, 2.24) is 4.98 Å². The van der Waals surface area contributed by atoms with Gasteiger partial charge >= 0.3 is 0 Å². The van der Waals surface area contributed by atoms with Crippen molar-refractivity contribution in [2.24, 2.45) is 0 Å². The monoisotopic (exact) mass is 245 g/mol. The minimum atomic E-state index is 0.00169. The van der Waals surface area contributed by atoms with Crippen LogP contribution in [0, 0.1) is 0 Å². The first-order chi connectivity index (χ1) is 5.77. The second-order valence-corrected chi connectivity index (χ2v) is 4.37. The molecular weight excluding hydrogens is 242 g/mol. The summed E-state index contributed by atoms with van der Waals surface area (Å²) in [5, 5.41) is 9.31. The maximum Gasteiger partial charge on any atom is 0.234 e. The van der Waals surface area contributed by atoms with Gasteiger partial charge in [-0.3, -0.25) is 0 Å². The van der Waals surface area contributed by atoms with Gasteiger partial charge in [-0.1, -0.05) is 11.3 Å². The van der Waals surface area contributed by atoms with Crippen LogP contribution in [0.25, 0.3) is 10.6 Å². The Morgan fingerprint density at radius 2 is 2.42 bits per heavy atom. The predicted octanol–water partition coefficient (Wildman–Crippen LogP) is 2.87. The Morgan fingerprint density at radius 3 is 2.92 bits per heavy atom. The standard InChI is InChI=1S/C7H4BrNO2S/c8-7-9-6(10)5(12-7)4-2-1-3-11-4/h1-3,10H. The van der Waals surface area contributed by atoms with Gasteiger partial charge in [0.25, 0.3) is 0 Å². The number of nitrogens with zero attached hydrogens (tertiary/aromatic N) is 1. The molecule has 0 fully saturated rings. The predicted molar refractivity (Wildman–Crippen MR) is 49.2 cm³/mol. The quantitative estimate of drug-likeness (QED) is 0.841. The van der Waals surface area contributed by atoms with E-state index in [2.05, 4.69) is 20.9 Å². The molecule has 2 aromatic rings.